The van der Waals surface area contributed by atoms with Gasteiger partial charge in [-0.15, -0.1) is 0 Å². The van der Waals surface area contributed by atoms with Gasteiger partial charge in [-0.05, 0) is 86.1 Å². The molecule has 0 radical (unpaired) electrons. The van der Waals surface area contributed by atoms with E-state index in [2.05, 4.69) is 0 Å². The molecule has 0 amide bonds. The Morgan fingerprint density at radius 1 is 0.649 bits per heavy atom. The third-order valence-corrected chi connectivity index (χ3v) is 9.75. The first-order valence-electron chi connectivity index (χ1n) is 19.6. The molecule has 0 N–H and O–H groups in total. The summed E-state index contributed by atoms with van der Waals surface area (Å²) in [7, 11) is 0. The summed E-state index contributed by atoms with van der Waals surface area (Å²) in [6.45, 7) is 14.3. The minimum absolute atomic E-state index is 0.00158. The van der Waals surface area contributed by atoms with Crippen molar-refractivity contribution in [2.24, 2.45) is 0 Å². The number of carbonyl (C=O) groups excluding carboxylic acids is 3. The number of aromatic nitrogens is 1. The van der Waals surface area contributed by atoms with Gasteiger partial charge in [0.25, 0.3) is 0 Å². The van der Waals surface area contributed by atoms with Gasteiger partial charge in [-0.2, -0.15) is 0 Å². The first-order valence-corrected chi connectivity index (χ1v) is 20.0. The van der Waals surface area contributed by atoms with E-state index in [-0.39, 0.29) is 43.7 Å². The van der Waals surface area contributed by atoms with Gasteiger partial charge in [0.1, 0.15) is 16.8 Å². The Morgan fingerprint density at radius 2 is 1.07 bits per heavy atom. The van der Waals surface area contributed by atoms with Crippen molar-refractivity contribution in [3.05, 3.63) is 76.7 Å². The van der Waals surface area contributed by atoms with E-state index in [9.17, 15) is 14.4 Å². The van der Waals surface area contributed by atoms with Gasteiger partial charge in [0, 0.05) is 56.6 Å². The van der Waals surface area contributed by atoms with Crippen LogP contribution in [0, 0.1) is 0 Å². The first-order chi connectivity index (χ1) is 26.5. The zero-order valence-corrected chi connectivity index (χ0v) is 35.6. The van der Waals surface area contributed by atoms with Crippen molar-refractivity contribution in [3.63, 3.8) is 0 Å². The molecule has 1 aromatic heterocycles. The number of hydrogen-bond acceptors (Lipinski definition) is 10. The summed E-state index contributed by atoms with van der Waals surface area (Å²) in [5.74, 6) is -0.959. The number of allylic oxidation sites excluding steroid dienone is 1. The molecule has 0 aliphatic carbocycles. The summed E-state index contributed by atoms with van der Waals surface area (Å²) in [5, 5.41) is -0.0783. The molecule has 3 aliphatic heterocycles. The minimum atomic E-state index is -4.45. The molecule has 0 atom stereocenters. The van der Waals surface area contributed by atoms with E-state index in [1.54, 1.807) is 59.8 Å². The fraction of sp³-hybridized carbons (Fsp3) is 0.561. The standard InChI is InChI=1S/C41H58BClF2N6O6/c1-39(2,3)55-35(52)27-46-19-21-47(28-36(53)56-40(4,5)6)23-25-49(26-24-48(22-20-46)29-37(54)57-41(7,8)9)34-18-16-32-38(30-13-11-10-12-14-30)31-15-17-33(43)50(31)42(44,45)51(32)34/h10-18H,19-29H2,1-9H3. The molecule has 5 rings (SSSR count). The largest absolute Gasteiger partial charge is 0.640 e. The van der Waals surface area contributed by atoms with Crippen molar-refractivity contribution < 1.29 is 41.7 Å². The number of ether oxygens (including phenoxy) is 3. The molecule has 0 unspecified atom stereocenters. The van der Waals surface area contributed by atoms with Crippen LogP contribution in [0.4, 0.5) is 8.63 Å². The molecule has 1 aromatic carbocycles. The van der Waals surface area contributed by atoms with Crippen molar-refractivity contribution >= 4 is 47.9 Å². The van der Waals surface area contributed by atoms with Crippen LogP contribution in [0.2, 0.25) is 5.15 Å². The average Bonchev–Trinajstić information content (AvgIpc) is 3.68. The second-order valence-electron chi connectivity index (χ2n) is 17.8. The summed E-state index contributed by atoms with van der Waals surface area (Å²) in [5.41, 5.74) is -0.0294. The third kappa shape index (κ3) is 11.8. The van der Waals surface area contributed by atoms with Gasteiger partial charge in [-0.25, -0.2) is 0 Å². The normalized spacial score (nSPS) is 19.1. The zero-order chi connectivity index (χ0) is 41.9. The fourth-order valence-electron chi connectivity index (χ4n) is 7.23. The highest BCUT2D eigenvalue weighted by Gasteiger charge is 2.50. The van der Waals surface area contributed by atoms with Crippen LogP contribution in [-0.4, -0.2) is 148 Å². The quantitative estimate of drug-likeness (QED) is 0.207. The van der Waals surface area contributed by atoms with E-state index in [1.807, 2.05) is 70.7 Å². The molecule has 0 saturated carbocycles. The van der Waals surface area contributed by atoms with Crippen molar-refractivity contribution in [3.8, 4) is 0 Å². The van der Waals surface area contributed by atoms with Crippen molar-refractivity contribution in [2.45, 2.75) is 79.1 Å². The Labute approximate surface area is 340 Å². The molecule has 4 heterocycles. The molecular weight excluding hydrogens is 757 g/mol. The smallest absolute Gasteiger partial charge is 0.459 e. The highest BCUT2D eigenvalue weighted by molar-refractivity contribution is 6.59. The topological polar surface area (TPSA) is 99.8 Å². The number of hydrogen-bond donors (Lipinski definition) is 0. The van der Waals surface area contributed by atoms with Gasteiger partial charge >= 0.3 is 24.9 Å². The van der Waals surface area contributed by atoms with E-state index in [0.717, 1.165) is 14.5 Å². The van der Waals surface area contributed by atoms with Crippen LogP contribution in [-0.2, 0) is 28.6 Å². The average molecular weight is 815 g/mol. The van der Waals surface area contributed by atoms with Crippen molar-refractivity contribution in [1.82, 2.24) is 24.1 Å². The maximum absolute atomic E-state index is 17.0. The summed E-state index contributed by atoms with van der Waals surface area (Å²) in [4.78, 5) is 47.2. The maximum atomic E-state index is 17.0. The summed E-state index contributed by atoms with van der Waals surface area (Å²) in [6, 6.07) is 12.5. The van der Waals surface area contributed by atoms with Crippen molar-refractivity contribution in [2.75, 3.05) is 72.0 Å². The van der Waals surface area contributed by atoms with Gasteiger partial charge in [0.15, 0.2) is 0 Å². The molecule has 2 aromatic rings. The summed E-state index contributed by atoms with van der Waals surface area (Å²) in [6.07, 6.45) is 3.43. The van der Waals surface area contributed by atoms with Gasteiger partial charge in [0.05, 0.1) is 43.6 Å². The molecular formula is C41H58BClF2N6O6. The molecule has 0 bridgehead atoms. The molecule has 16 heteroatoms. The number of nitrogens with zero attached hydrogens (tertiary/aromatic N) is 6. The Bertz CT molecular complexity index is 1850. The van der Waals surface area contributed by atoms with Crippen LogP contribution in [0.15, 0.2) is 60.3 Å². The van der Waals surface area contributed by atoms with E-state index in [1.165, 1.54) is 6.07 Å². The lowest BCUT2D eigenvalue weighted by atomic mass is 9.86. The monoisotopic (exact) mass is 814 g/mol. The number of fused-ring (bicyclic) bond motifs is 2. The predicted octanol–water partition coefficient (Wildman–Crippen LogP) is 5.36. The van der Waals surface area contributed by atoms with Gasteiger partial charge in [-0.1, -0.05) is 41.9 Å². The lowest BCUT2D eigenvalue weighted by Crippen LogP contribution is -2.55. The number of halogens is 3. The first kappa shape index (κ1) is 44.1. The van der Waals surface area contributed by atoms with Crippen LogP contribution >= 0.6 is 11.6 Å². The minimum Gasteiger partial charge on any atom is -0.459 e. The number of amidine groups is 1. The molecule has 57 heavy (non-hydrogen) atoms. The summed E-state index contributed by atoms with van der Waals surface area (Å²) >= 11 is 6.51. The van der Waals surface area contributed by atoms with Crippen LogP contribution in [0.3, 0.4) is 0 Å². The Kier molecular flexibility index (Phi) is 13.5. The van der Waals surface area contributed by atoms with Crippen molar-refractivity contribution in [1.29, 1.82) is 0 Å². The molecule has 0 spiro atoms. The lowest BCUT2D eigenvalue weighted by Gasteiger charge is -2.38. The number of esters is 3. The highest BCUT2D eigenvalue weighted by Crippen LogP contribution is 2.41. The maximum Gasteiger partial charge on any atom is 0.640 e. The molecule has 3 aliphatic rings. The van der Waals surface area contributed by atoms with Crippen LogP contribution in [0.25, 0.3) is 5.57 Å². The number of benzene rings is 1. The number of carbonyl (C=O) groups is 3. The van der Waals surface area contributed by atoms with Crippen LogP contribution in [0.1, 0.15) is 73.6 Å². The third-order valence-electron chi connectivity index (χ3n) is 9.44. The molecule has 1 fully saturated rings. The van der Waals surface area contributed by atoms with Gasteiger partial charge in [-0.3, -0.25) is 34.0 Å². The van der Waals surface area contributed by atoms with Crippen LogP contribution in [0.5, 0.6) is 0 Å². The Balaban J connectivity index is 1.55. The zero-order valence-electron chi connectivity index (χ0n) is 34.8. The SMILES string of the molecule is CC(C)(C)OC(=O)CN1CCN(CC(=O)OC(C)(C)C)CCN(C2=[N+]3C(=C(c4ccccc4)c4ccc(Cl)n4[B-]3(F)F)C=C2)CCN(CC(=O)OC(C)(C)C)CC1. The van der Waals surface area contributed by atoms with E-state index in [0.29, 0.717) is 56.2 Å². The van der Waals surface area contributed by atoms with Gasteiger partial charge in [0.2, 0.25) is 5.84 Å². The Hall–Kier alpha value is -4.05. The highest BCUT2D eigenvalue weighted by atomic mass is 35.5. The van der Waals surface area contributed by atoms with Gasteiger partial charge < -0.3 is 31.8 Å². The second-order valence-corrected chi connectivity index (χ2v) is 18.1. The fourth-order valence-corrected chi connectivity index (χ4v) is 7.50. The Morgan fingerprint density at radius 3 is 1.49 bits per heavy atom. The molecule has 1 saturated heterocycles. The summed E-state index contributed by atoms with van der Waals surface area (Å²) < 4.78 is 53.0. The number of rotatable bonds is 7. The van der Waals surface area contributed by atoms with E-state index < -0.39 is 41.7 Å². The van der Waals surface area contributed by atoms with Crippen LogP contribution < -0.4 is 0 Å². The molecule has 312 valence electrons. The molecule has 12 nitrogen and oxygen atoms in total. The van der Waals surface area contributed by atoms with E-state index >= 15 is 8.63 Å². The predicted molar refractivity (Wildman–Crippen MR) is 218 cm³/mol. The lowest BCUT2D eigenvalue weighted by molar-refractivity contribution is -0.368. The van der Waals surface area contributed by atoms with E-state index in [4.69, 9.17) is 25.8 Å². The second kappa shape index (κ2) is 17.4.